The zero-order valence-electron chi connectivity index (χ0n) is 10.9. The van der Waals surface area contributed by atoms with Gasteiger partial charge in [-0.25, -0.2) is 0 Å². The maximum atomic E-state index is 5.51. The summed E-state index contributed by atoms with van der Waals surface area (Å²) in [5, 5.41) is 3.64. The molecule has 0 aliphatic carbocycles. The molecular formula is C14H21BrN2O. The predicted octanol–water partition coefficient (Wildman–Crippen LogP) is 2.79. The number of hydrogen-bond acceptors (Lipinski definition) is 3. The average molecular weight is 313 g/mol. The van der Waals surface area contributed by atoms with E-state index >= 15 is 0 Å². The van der Waals surface area contributed by atoms with E-state index in [-0.39, 0.29) is 0 Å². The maximum Gasteiger partial charge on any atom is 0.0510 e. The van der Waals surface area contributed by atoms with Crippen LogP contribution in [0, 0.1) is 5.92 Å². The molecule has 1 N–H and O–H groups in total. The van der Waals surface area contributed by atoms with Crippen molar-refractivity contribution in [3.05, 3.63) is 28.5 Å². The molecular weight excluding hydrogens is 292 g/mol. The van der Waals surface area contributed by atoms with Crippen LogP contribution in [0.15, 0.2) is 22.8 Å². The summed E-state index contributed by atoms with van der Waals surface area (Å²) in [6.07, 6.45) is 5.19. The van der Waals surface area contributed by atoms with Crippen LogP contribution in [-0.2, 0) is 11.2 Å². The second-order valence-electron chi connectivity index (χ2n) is 4.86. The van der Waals surface area contributed by atoms with Gasteiger partial charge in [0.2, 0.25) is 0 Å². The van der Waals surface area contributed by atoms with Gasteiger partial charge in [-0.15, -0.1) is 0 Å². The second-order valence-corrected chi connectivity index (χ2v) is 5.77. The molecule has 3 nitrogen and oxygen atoms in total. The molecule has 0 spiro atoms. The smallest absolute Gasteiger partial charge is 0.0510 e. The minimum absolute atomic E-state index is 0.487. The second kappa shape index (κ2) is 7.22. The number of pyridine rings is 1. The lowest BCUT2D eigenvalue weighted by Gasteiger charge is -2.23. The molecule has 2 heterocycles. The van der Waals surface area contributed by atoms with E-state index in [1.807, 2.05) is 6.20 Å². The summed E-state index contributed by atoms with van der Waals surface area (Å²) >= 11 is 3.42. The molecule has 0 bridgehead atoms. The summed E-state index contributed by atoms with van der Waals surface area (Å²) in [6, 6.07) is 4.64. The van der Waals surface area contributed by atoms with E-state index in [1.165, 1.54) is 0 Å². The predicted molar refractivity (Wildman–Crippen MR) is 76.6 cm³/mol. The summed E-state index contributed by atoms with van der Waals surface area (Å²) in [5.41, 5.74) is 1.15. The van der Waals surface area contributed by atoms with Gasteiger partial charge in [0.25, 0.3) is 0 Å². The molecule has 2 atom stereocenters. The molecule has 0 amide bonds. The zero-order valence-corrected chi connectivity index (χ0v) is 12.4. The molecule has 1 aliphatic heterocycles. The first kappa shape index (κ1) is 14.0. The van der Waals surface area contributed by atoms with Crippen molar-refractivity contribution in [2.75, 3.05) is 19.8 Å². The van der Waals surface area contributed by atoms with Crippen molar-refractivity contribution in [1.82, 2.24) is 10.3 Å². The van der Waals surface area contributed by atoms with Gasteiger partial charge in [0.15, 0.2) is 0 Å². The van der Waals surface area contributed by atoms with Crippen LogP contribution in [0.5, 0.6) is 0 Å². The average Bonchev–Trinajstić information content (AvgIpc) is 2.90. The van der Waals surface area contributed by atoms with Gasteiger partial charge in [-0.2, -0.15) is 0 Å². The van der Waals surface area contributed by atoms with Gasteiger partial charge in [0, 0.05) is 41.4 Å². The number of nitrogens with one attached hydrogen (secondary N) is 1. The molecule has 4 heteroatoms. The highest BCUT2D eigenvalue weighted by Gasteiger charge is 2.25. The van der Waals surface area contributed by atoms with Crippen LogP contribution >= 0.6 is 15.9 Å². The van der Waals surface area contributed by atoms with Crippen LogP contribution in [0.3, 0.4) is 0 Å². The number of halogens is 1. The van der Waals surface area contributed by atoms with E-state index in [0.29, 0.717) is 12.0 Å². The van der Waals surface area contributed by atoms with Gasteiger partial charge in [-0.3, -0.25) is 4.98 Å². The molecule has 0 saturated carbocycles. The molecule has 100 valence electrons. The van der Waals surface area contributed by atoms with Gasteiger partial charge >= 0.3 is 0 Å². The van der Waals surface area contributed by atoms with Gasteiger partial charge in [0.1, 0.15) is 0 Å². The highest BCUT2D eigenvalue weighted by Crippen LogP contribution is 2.20. The highest BCUT2D eigenvalue weighted by atomic mass is 79.9. The van der Waals surface area contributed by atoms with E-state index in [1.54, 1.807) is 0 Å². The number of rotatable bonds is 6. The van der Waals surface area contributed by atoms with E-state index in [2.05, 4.69) is 45.3 Å². The Morgan fingerprint density at radius 2 is 2.44 bits per heavy atom. The van der Waals surface area contributed by atoms with E-state index < -0.39 is 0 Å². The fraction of sp³-hybridized carbons (Fsp3) is 0.643. The molecule has 1 fully saturated rings. The van der Waals surface area contributed by atoms with Crippen molar-refractivity contribution >= 4 is 15.9 Å². The van der Waals surface area contributed by atoms with Crippen molar-refractivity contribution in [1.29, 1.82) is 0 Å². The summed E-state index contributed by atoms with van der Waals surface area (Å²) in [6.45, 7) is 5.06. The first-order valence-corrected chi connectivity index (χ1v) is 7.50. The summed E-state index contributed by atoms with van der Waals surface area (Å²) in [5.74, 6) is 0.627. The van der Waals surface area contributed by atoms with Gasteiger partial charge in [-0.05, 0) is 47.4 Å². The standard InChI is InChI=1S/C14H21BrN2O/c1-2-6-16-14(11-5-7-18-10-11)8-13-4-3-12(15)9-17-13/h3-4,9,11,14,16H,2,5-8,10H2,1H3. The van der Waals surface area contributed by atoms with Crippen LogP contribution in [0.25, 0.3) is 0 Å². The summed E-state index contributed by atoms with van der Waals surface area (Å²) < 4.78 is 6.54. The lowest BCUT2D eigenvalue weighted by Crippen LogP contribution is -2.39. The SMILES string of the molecule is CCCNC(Cc1ccc(Br)cn1)C1CCOC1. The summed E-state index contributed by atoms with van der Waals surface area (Å²) in [4.78, 5) is 4.47. The Labute approximate surface area is 117 Å². The van der Waals surface area contributed by atoms with Gasteiger partial charge in [0.05, 0.1) is 6.61 Å². The lowest BCUT2D eigenvalue weighted by atomic mass is 9.94. The van der Waals surface area contributed by atoms with Crippen molar-refractivity contribution in [2.45, 2.75) is 32.2 Å². The van der Waals surface area contributed by atoms with Crippen LogP contribution in [0.1, 0.15) is 25.5 Å². The largest absolute Gasteiger partial charge is 0.381 e. The lowest BCUT2D eigenvalue weighted by molar-refractivity contribution is 0.176. The Balaban J connectivity index is 1.97. The van der Waals surface area contributed by atoms with E-state index in [4.69, 9.17) is 4.74 Å². The molecule has 18 heavy (non-hydrogen) atoms. The number of ether oxygens (including phenoxy) is 1. The van der Waals surface area contributed by atoms with Gasteiger partial charge < -0.3 is 10.1 Å². The van der Waals surface area contributed by atoms with Crippen molar-refractivity contribution in [3.63, 3.8) is 0 Å². The normalized spacial score (nSPS) is 21.1. The molecule has 0 aromatic carbocycles. The fourth-order valence-corrected chi connectivity index (χ4v) is 2.59. The molecule has 2 unspecified atom stereocenters. The molecule has 1 aromatic rings. The zero-order chi connectivity index (χ0) is 12.8. The van der Waals surface area contributed by atoms with Gasteiger partial charge in [-0.1, -0.05) is 6.92 Å². The Hall–Kier alpha value is -0.450. The molecule has 1 aliphatic rings. The highest BCUT2D eigenvalue weighted by molar-refractivity contribution is 9.10. The number of hydrogen-bond donors (Lipinski definition) is 1. The van der Waals surface area contributed by atoms with Crippen LogP contribution in [0.4, 0.5) is 0 Å². The minimum atomic E-state index is 0.487. The quantitative estimate of drug-likeness (QED) is 0.877. The molecule has 1 saturated heterocycles. The third-order valence-corrected chi connectivity index (χ3v) is 3.88. The Morgan fingerprint density at radius 3 is 3.06 bits per heavy atom. The molecule has 0 radical (unpaired) electrons. The van der Waals surface area contributed by atoms with E-state index in [9.17, 15) is 0 Å². The monoisotopic (exact) mass is 312 g/mol. The number of nitrogens with zero attached hydrogens (tertiary/aromatic N) is 1. The van der Waals surface area contributed by atoms with Crippen LogP contribution in [0.2, 0.25) is 0 Å². The Morgan fingerprint density at radius 1 is 1.56 bits per heavy atom. The first-order valence-electron chi connectivity index (χ1n) is 6.71. The topological polar surface area (TPSA) is 34.2 Å². The summed E-state index contributed by atoms with van der Waals surface area (Å²) in [7, 11) is 0. The van der Waals surface area contributed by atoms with Crippen molar-refractivity contribution in [3.8, 4) is 0 Å². The fourth-order valence-electron chi connectivity index (χ4n) is 2.36. The minimum Gasteiger partial charge on any atom is -0.381 e. The third-order valence-electron chi connectivity index (χ3n) is 3.41. The van der Waals surface area contributed by atoms with Crippen molar-refractivity contribution < 1.29 is 4.74 Å². The van der Waals surface area contributed by atoms with Crippen molar-refractivity contribution in [2.24, 2.45) is 5.92 Å². The molecule has 2 rings (SSSR count). The Bertz CT molecular complexity index is 349. The molecule has 1 aromatic heterocycles. The number of aromatic nitrogens is 1. The van der Waals surface area contributed by atoms with Crippen LogP contribution < -0.4 is 5.32 Å². The first-order chi connectivity index (χ1) is 8.79. The van der Waals surface area contributed by atoms with Crippen LogP contribution in [-0.4, -0.2) is 30.8 Å². The third kappa shape index (κ3) is 4.04. The van der Waals surface area contributed by atoms with E-state index in [0.717, 1.165) is 49.2 Å². The Kier molecular flexibility index (Phi) is 5.60. The maximum absolute atomic E-state index is 5.51.